The van der Waals surface area contributed by atoms with Gasteiger partial charge in [-0.15, -0.1) is 11.3 Å². The third-order valence-electron chi connectivity index (χ3n) is 2.24. The lowest BCUT2D eigenvalue weighted by Crippen LogP contribution is -1.93. The molecule has 2 nitrogen and oxygen atoms in total. The van der Waals surface area contributed by atoms with Crippen molar-refractivity contribution in [2.24, 2.45) is 0 Å². The van der Waals surface area contributed by atoms with Crippen LogP contribution >= 0.6 is 11.3 Å². The first kappa shape index (κ1) is 9.34. The number of rotatable bonds is 2. The van der Waals surface area contributed by atoms with Crippen molar-refractivity contribution in [2.45, 2.75) is 13.8 Å². The third kappa shape index (κ3) is 1.34. The zero-order valence-electron chi connectivity index (χ0n) is 8.20. The first-order chi connectivity index (χ1) is 6.74. The van der Waals surface area contributed by atoms with Crippen molar-refractivity contribution in [2.75, 3.05) is 6.61 Å². The molecule has 0 aliphatic rings. The summed E-state index contributed by atoms with van der Waals surface area (Å²) in [4.78, 5) is 0. The van der Waals surface area contributed by atoms with Gasteiger partial charge in [-0.05, 0) is 30.9 Å². The third-order valence-corrected chi connectivity index (χ3v) is 3.18. The fraction of sp³-hybridized carbons (Fsp3) is 0.273. The highest BCUT2D eigenvalue weighted by Crippen LogP contribution is 2.37. The quantitative estimate of drug-likeness (QED) is 0.820. The van der Waals surface area contributed by atoms with Gasteiger partial charge < -0.3 is 9.84 Å². The molecule has 3 heteroatoms. The molecule has 14 heavy (non-hydrogen) atoms. The predicted octanol–water partition coefficient (Wildman–Crippen LogP) is 3.31. The van der Waals surface area contributed by atoms with Crippen molar-refractivity contribution in [3.63, 3.8) is 0 Å². The van der Waals surface area contributed by atoms with Gasteiger partial charge in [-0.25, -0.2) is 0 Å². The van der Waals surface area contributed by atoms with E-state index in [0.29, 0.717) is 12.4 Å². The Morgan fingerprint density at radius 3 is 3.00 bits per heavy atom. The molecule has 0 saturated heterocycles. The molecule has 2 aromatic rings. The van der Waals surface area contributed by atoms with E-state index in [4.69, 9.17) is 4.74 Å². The van der Waals surface area contributed by atoms with E-state index in [1.165, 1.54) is 0 Å². The van der Waals surface area contributed by atoms with Gasteiger partial charge in [0.25, 0.3) is 0 Å². The summed E-state index contributed by atoms with van der Waals surface area (Å²) in [6, 6.07) is 3.70. The second-order valence-electron chi connectivity index (χ2n) is 3.12. The van der Waals surface area contributed by atoms with Crippen LogP contribution in [0.25, 0.3) is 10.1 Å². The van der Waals surface area contributed by atoms with E-state index in [-0.39, 0.29) is 0 Å². The van der Waals surface area contributed by atoms with Crippen LogP contribution in [0.3, 0.4) is 0 Å². The second-order valence-corrected chi connectivity index (χ2v) is 4.03. The zero-order chi connectivity index (χ0) is 10.1. The van der Waals surface area contributed by atoms with Crippen LogP contribution < -0.4 is 4.74 Å². The lowest BCUT2D eigenvalue weighted by atomic mass is 10.1. The number of hydrogen-bond donors (Lipinski definition) is 1. The van der Waals surface area contributed by atoms with Gasteiger partial charge in [-0.2, -0.15) is 0 Å². The molecule has 0 atom stereocenters. The van der Waals surface area contributed by atoms with E-state index < -0.39 is 0 Å². The Balaban J connectivity index is 2.68. The fourth-order valence-corrected chi connectivity index (χ4v) is 2.41. The van der Waals surface area contributed by atoms with E-state index in [1.54, 1.807) is 17.4 Å². The average Bonchev–Trinajstić information content (AvgIpc) is 2.63. The summed E-state index contributed by atoms with van der Waals surface area (Å²) in [6.45, 7) is 4.57. The number of benzene rings is 1. The summed E-state index contributed by atoms with van der Waals surface area (Å²) in [5.41, 5.74) is 1.10. The number of fused-ring (bicyclic) bond motifs is 1. The average molecular weight is 208 g/mol. The Hall–Kier alpha value is -1.22. The first-order valence-corrected chi connectivity index (χ1v) is 5.44. The summed E-state index contributed by atoms with van der Waals surface area (Å²) in [7, 11) is 0. The molecule has 0 spiro atoms. The van der Waals surface area contributed by atoms with E-state index in [0.717, 1.165) is 21.4 Å². The molecule has 0 fully saturated rings. The Morgan fingerprint density at radius 1 is 1.50 bits per heavy atom. The van der Waals surface area contributed by atoms with Gasteiger partial charge in [0.1, 0.15) is 11.5 Å². The predicted molar refractivity (Wildman–Crippen MR) is 59.4 cm³/mol. The van der Waals surface area contributed by atoms with Crippen molar-refractivity contribution in [1.29, 1.82) is 0 Å². The summed E-state index contributed by atoms with van der Waals surface area (Å²) in [5, 5.41) is 12.8. The van der Waals surface area contributed by atoms with E-state index in [1.807, 2.05) is 25.3 Å². The molecule has 0 aliphatic carbocycles. The smallest absolute Gasteiger partial charge is 0.137 e. The van der Waals surface area contributed by atoms with Crippen LogP contribution in [0.4, 0.5) is 0 Å². The fourth-order valence-electron chi connectivity index (χ4n) is 1.54. The van der Waals surface area contributed by atoms with Crippen molar-refractivity contribution in [3.8, 4) is 11.5 Å². The van der Waals surface area contributed by atoms with Crippen LogP contribution in [0.5, 0.6) is 11.5 Å². The van der Waals surface area contributed by atoms with Crippen LogP contribution in [-0.4, -0.2) is 11.7 Å². The molecule has 0 aliphatic heterocycles. The molecule has 1 heterocycles. The Labute approximate surface area is 86.8 Å². The SMILES string of the molecule is CCOc1cc(O)c2sccc2c1C. The van der Waals surface area contributed by atoms with Crippen LogP contribution in [0.2, 0.25) is 0 Å². The standard InChI is InChI=1S/C11H12O2S/c1-3-13-10-6-9(12)11-8(7(10)2)4-5-14-11/h4-6,12H,3H2,1-2H3. The highest BCUT2D eigenvalue weighted by Gasteiger charge is 2.09. The van der Waals surface area contributed by atoms with Gasteiger partial charge in [0.05, 0.1) is 11.3 Å². The number of aryl methyl sites for hydroxylation is 1. The number of thiophene rings is 1. The molecule has 0 saturated carbocycles. The van der Waals surface area contributed by atoms with Gasteiger partial charge >= 0.3 is 0 Å². The molecule has 74 valence electrons. The van der Waals surface area contributed by atoms with Crippen LogP contribution in [0.15, 0.2) is 17.5 Å². The number of ether oxygens (including phenoxy) is 1. The van der Waals surface area contributed by atoms with Crippen molar-refractivity contribution < 1.29 is 9.84 Å². The number of hydrogen-bond acceptors (Lipinski definition) is 3. The van der Waals surface area contributed by atoms with Crippen molar-refractivity contribution >= 4 is 21.4 Å². The zero-order valence-corrected chi connectivity index (χ0v) is 9.02. The molecule has 1 aromatic heterocycles. The molecule has 1 aromatic carbocycles. The highest BCUT2D eigenvalue weighted by atomic mass is 32.1. The topological polar surface area (TPSA) is 29.5 Å². The minimum absolute atomic E-state index is 0.309. The number of phenols is 1. The molecule has 2 rings (SSSR count). The number of phenolic OH excluding ortho intramolecular Hbond substituents is 1. The minimum Gasteiger partial charge on any atom is -0.506 e. The molecule has 0 bridgehead atoms. The Kier molecular flexibility index (Phi) is 2.33. The molecule has 0 unspecified atom stereocenters. The maximum Gasteiger partial charge on any atom is 0.137 e. The van der Waals surface area contributed by atoms with E-state index >= 15 is 0 Å². The van der Waals surface area contributed by atoms with Gasteiger partial charge in [0.15, 0.2) is 0 Å². The van der Waals surface area contributed by atoms with Gasteiger partial charge in [-0.3, -0.25) is 0 Å². The van der Waals surface area contributed by atoms with E-state index in [2.05, 4.69) is 0 Å². The van der Waals surface area contributed by atoms with Crippen LogP contribution in [-0.2, 0) is 0 Å². The highest BCUT2D eigenvalue weighted by molar-refractivity contribution is 7.17. The van der Waals surface area contributed by atoms with Crippen LogP contribution in [0, 0.1) is 6.92 Å². The largest absolute Gasteiger partial charge is 0.506 e. The Morgan fingerprint density at radius 2 is 2.29 bits per heavy atom. The second kappa shape index (κ2) is 3.50. The first-order valence-electron chi connectivity index (χ1n) is 4.56. The number of aromatic hydroxyl groups is 1. The van der Waals surface area contributed by atoms with E-state index in [9.17, 15) is 5.11 Å². The van der Waals surface area contributed by atoms with Gasteiger partial charge in [-0.1, -0.05) is 0 Å². The summed E-state index contributed by atoms with van der Waals surface area (Å²) >= 11 is 1.55. The Bertz CT molecular complexity index is 460. The molecule has 0 radical (unpaired) electrons. The summed E-state index contributed by atoms with van der Waals surface area (Å²) in [5.74, 6) is 1.08. The lowest BCUT2D eigenvalue weighted by Gasteiger charge is -2.08. The maximum atomic E-state index is 9.72. The summed E-state index contributed by atoms with van der Waals surface area (Å²) in [6.07, 6.45) is 0. The minimum atomic E-state index is 0.309. The summed E-state index contributed by atoms with van der Waals surface area (Å²) < 4.78 is 6.38. The van der Waals surface area contributed by atoms with Crippen molar-refractivity contribution in [3.05, 3.63) is 23.1 Å². The molecule has 1 N–H and O–H groups in total. The van der Waals surface area contributed by atoms with Gasteiger partial charge in [0, 0.05) is 11.5 Å². The van der Waals surface area contributed by atoms with Crippen molar-refractivity contribution in [1.82, 2.24) is 0 Å². The van der Waals surface area contributed by atoms with Gasteiger partial charge in [0.2, 0.25) is 0 Å². The molecular formula is C11H12O2S. The lowest BCUT2D eigenvalue weighted by molar-refractivity contribution is 0.336. The molecular weight excluding hydrogens is 196 g/mol. The van der Waals surface area contributed by atoms with Crippen LogP contribution in [0.1, 0.15) is 12.5 Å². The monoisotopic (exact) mass is 208 g/mol. The molecule has 0 amide bonds. The normalized spacial score (nSPS) is 10.7. The maximum absolute atomic E-state index is 9.72.